The largest absolute Gasteiger partial charge is 0.345 e. The van der Waals surface area contributed by atoms with E-state index in [4.69, 9.17) is 9.26 Å². The number of imidazole rings is 1. The molecular weight excluding hydrogens is 289 g/mol. The third-order valence-electron chi connectivity index (χ3n) is 4.14. The second-order valence-corrected chi connectivity index (χ2v) is 6.04. The molecule has 1 saturated heterocycles. The fraction of sp³-hybridized carbons (Fsp3) is 0.643. The molecule has 0 amide bonds. The SMILES string of the molecule is C[C@@H]1CN(c2cn(-c3noc(C4CC4)n3)cn2)[C@H](C)C(F)O1. The Morgan fingerprint density at radius 3 is 2.91 bits per heavy atom. The number of anilines is 1. The molecule has 3 atom stereocenters. The summed E-state index contributed by atoms with van der Waals surface area (Å²) in [4.78, 5) is 10.6. The van der Waals surface area contributed by atoms with E-state index < -0.39 is 6.36 Å². The average Bonchev–Trinajstić information content (AvgIpc) is 3.02. The van der Waals surface area contributed by atoms with Crippen molar-refractivity contribution in [2.45, 2.75) is 51.1 Å². The number of hydrogen-bond acceptors (Lipinski definition) is 6. The molecule has 0 bridgehead atoms. The van der Waals surface area contributed by atoms with Crippen LogP contribution < -0.4 is 4.90 Å². The molecule has 3 heterocycles. The first-order valence-corrected chi connectivity index (χ1v) is 7.56. The molecule has 2 aromatic heterocycles. The predicted molar refractivity (Wildman–Crippen MR) is 75.6 cm³/mol. The highest BCUT2D eigenvalue weighted by molar-refractivity contribution is 5.40. The Balaban J connectivity index is 1.57. The predicted octanol–water partition coefficient (Wildman–Crippen LogP) is 2.04. The molecule has 8 heteroatoms. The molecule has 1 unspecified atom stereocenters. The molecule has 0 N–H and O–H groups in total. The summed E-state index contributed by atoms with van der Waals surface area (Å²) in [5.74, 6) is 2.24. The highest BCUT2D eigenvalue weighted by Gasteiger charge is 2.34. The van der Waals surface area contributed by atoms with Gasteiger partial charge in [-0.3, -0.25) is 4.57 Å². The van der Waals surface area contributed by atoms with Crippen molar-refractivity contribution in [3.63, 3.8) is 0 Å². The lowest BCUT2D eigenvalue weighted by Gasteiger charge is -2.39. The van der Waals surface area contributed by atoms with Gasteiger partial charge in [-0.15, -0.1) is 0 Å². The van der Waals surface area contributed by atoms with E-state index in [9.17, 15) is 4.39 Å². The Kier molecular flexibility index (Phi) is 3.14. The van der Waals surface area contributed by atoms with E-state index in [0.717, 1.165) is 12.8 Å². The number of nitrogens with zero attached hydrogens (tertiary/aromatic N) is 5. The molecule has 1 aliphatic heterocycles. The maximum atomic E-state index is 13.9. The van der Waals surface area contributed by atoms with Crippen LogP contribution in [0.3, 0.4) is 0 Å². The molecular formula is C14H18FN5O2. The molecule has 4 rings (SSSR count). The lowest BCUT2D eigenvalue weighted by Crippen LogP contribution is -2.51. The van der Waals surface area contributed by atoms with Crippen LogP contribution in [-0.2, 0) is 4.74 Å². The minimum atomic E-state index is -1.32. The average molecular weight is 307 g/mol. The first-order chi connectivity index (χ1) is 10.6. The molecule has 0 spiro atoms. The van der Waals surface area contributed by atoms with Gasteiger partial charge >= 0.3 is 0 Å². The molecule has 1 saturated carbocycles. The van der Waals surface area contributed by atoms with E-state index in [1.165, 1.54) is 0 Å². The van der Waals surface area contributed by atoms with Crippen LogP contribution in [0.5, 0.6) is 0 Å². The van der Waals surface area contributed by atoms with Gasteiger partial charge in [-0.05, 0) is 31.8 Å². The zero-order valence-electron chi connectivity index (χ0n) is 12.5. The maximum absolute atomic E-state index is 13.9. The standard InChI is InChI=1S/C14H18FN5O2/c1-8-5-20(9(2)12(15)21-8)11-6-19(7-16-11)14-17-13(22-18-14)10-3-4-10/h6-10,12H,3-5H2,1-2H3/t8-,9-,12?/m1/s1. The summed E-state index contributed by atoms with van der Waals surface area (Å²) in [6, 6.07) is -0.383. The maximum Gasteiger partial charge on any atom is 0.275 e. The number of morpholine rings is 1. The molecule has 2 fully saturated rings. The van der Waals surface area contributed by atoms with Gasteiger partial charge in [0, 0.05) is 12.5 Å². The van der Waals surface area contributed by atoms with Gasteiger partial charge in [-0.25, -0.2) is 9.37 Å². The monoisotopic (exact) mass is 307 g/mol. The van der Waals surface area contributed by atoms with Crippen LogP contribution in [0.15, 0.2) is 17.0 Å². The van der Waals surface area contributed by atoms with E-state index in [0.29, 0.717) is 30.1 Å². The van der Waals surface area contributed by atoms with E-state index >= 15 is 0 Å². The van der Waals surface area contributed by atoms with Crippen LogP contribution in [0.25, 0.3) is 5.95 Å². The van der Waals surface area contributed by atoms with Crippen LogP contribution in [0.4, 0.5) is 10.2 Å². The smallest absolute Gasteiger partial charge is 0.275 e. The van der Waals surface area contributed by atoms with Crippen molar-refractivity contribution in [1.29, 1.82) is 0 Å². The highest BCUT2D eigenvalue weighted by atomic mass is 19.1. The topological polar surface area (TPSA) is 69.2 Å². The van der Waals surface area contributed by atoms with Crippen molar-refractivity contribution in [3.05, 3.63) is 18.4 Å². The summed E-state index contributed by atoms with van der Waals surface area (Å²) in [7, 11) is 0. The Morgan fingerprint density at radius 2 is 2.14 bits per heavy atom. The summed E-state index contributed by atoms with van der Waals surface area (Å²) >= 11 is 0. The van der Waals surface area contributed by atoms with Gasteiger partial charge in [0.25, 0.3) is 5.95 Å². The van der Waals surface area contributed by atoms with E-state index in [1.807, 2.05) is 11.8 Å². The third kappa shape index (κ3) is 2.37. The van der Waals surface area contributed by atoms with Gasteiger partial charge < -0.3 is 14.2 Å². The van der Waals surface area contributed by atoms with E-state index in [-0.39, 0.29) is 12.1 Å². The van der Waals surface area contributed by atoms with Gasteiger partial charge in [-0.1, -0.05) is 0 Å². The number of rotatable bonds is 3. The van der Waals surface area contributed by atoms with Gasteiger partial charge in [0.1, 0.15) is 12.1 Å². The minimum absolute atomic E-state index is 0.178. The van der Waals surface area contributed by atoms with Gasteiger partial charge in [0.2, 0.25) is 12.2 Å². The minimum Gasteiger partial charge on any atom is -0.345 e. The Bertz CT molecular complexity index is 668. The summed E-state index contributed by atoms with van der Waals surface area (Å²) < 4.78 is 26.0. The van der Waals surface area contributed by atoms with Crippen molar-refractivity contribution in [2.24, 2.45) is 0 Å². The first kappa shape index (κ1) is 13.7. The fourth-order valence-corrected chi connectivity index (χ4v) is 2.66. The molecule has 118 valence electrons. The van der Waals surface area contributed by atoms with Crippen LogP contribution in [-0.4, -0.2) is 44.7 Å². The van der Waals surface area contributed by atoms with Crippen molar-refractivity contribution in [3.8, 4) is 5.95 Å². The Morgan fingerprint density at radius 1 is 1.32 bits per heavy atom. The second-order valence-electron chi connectivity index (χ2n) is 6.04. The van der Waals surface area contributed by atoms with Crippen LogP contribution in [0.2, 0.25) is 0 Å². The number of alkyl halides is 1. The lowest BCUT2D eigenvalue weighted by atomic mass is 10.2. The number of halogens is 1. The quantitative estimate of drug-likeness (QED) is 0.864. The van der Waals surface area contributed by atoms with Crippen molar-refractivity contribution >= 4 is 5.82 Å². The molecule has 22 heavy (non-hydrogen) atoms. The molecule has 0 aromatic carbocycles. The van der Waals surface area contributed by atoms with Gasteiger partial charge in [-0.2, -0.15) is 4.98 Å². The highest BCUT2D eigenvalue weighted by Crippen LogP contribution is 2.39. The summed E-state index contributed by atoms with van der Waals surface area (Å²) in [6.07, 6.45) is 4.14. The van der Waals surface area contributed by atoms with Crippen LogP contribution >= 0.6 is 0 Å². The zero-order chi connectivity index (χ0) is 15.3. The molecule has 7 nitrogen and oxygen atoms in total. The summed E-state index contributed by atoms with van der Waals surface area (Å²) in [5.41, 5.74) is 0. The molecule has 2 aliphatic rings. The molecule has 2 aromatic rings. The summed E-state index contributed by atoms with van der Waals surface area (Å²) in [6.45, 7) is 4.23. The van der Waals surface area contributed by atoms with E-state index in [1.54, 1.807) is 24.0 Å². The zero-order valence-corrected chi connectivity index (χ0v) is 12.5. The Hall–Kier alpha value is -1.96. The van der Waals surface area contributed by atoms with Gasteiger partial charge in [0.15, 0.2) is 0 Å². The number of ether oxygens (including phenoxy) is 1. The first-order valence-electron chi connectivity index (χ1n) is 7.56. The van der Waals surface area contributed by atoms with E-state index in [2.05, 4.69) is 15.1 Å². The second kappa shape index (κ2) is 5.05. The van der Waals surface area contributed by atoms with Crippen molar-refractivity contribution in [2.75, 3.05) is 11.4 Å². The molecule has 1 aliphatic carbocycles. The lowest BCUT2D eigenvalue weighted by molar-refractivity contribution is -0.109. The fourth-order valence-electron chi connectivity index (χ4n) is 2.66. The normalized spacial score (nSPS) is 29.0. The van der Waals surface area contributed by atoms with Crippen molar-refractivity contribution < 1.29 is 13.7 Å². The van der Waals surface area contributed by atoms with Gasteiger partial charge in [0.05, 0.1) is 18.3 Å². The van der Waals surface area contributed by atoms with Crippen LogP contribution in [0.1, 0.15) is 38.5 Å². The van der Waals surface area contributed by atoms with Crippen molar-refractivity contribution in [1.82, 2.24) is 19.7 Å². The number of hydrogen-bond donors (Lipinski definition) is 0. The summed E-state index contributed by atoms with van der Waals surface area (Å²) in [5, 5.41) is 3.97. The van der Waals surface area contributed by atoms with Crippen LogP contribution in [0, 0.1) is 0 Å². The Labute approximate surface area is 127 Å². The number of aromatic nitrogens is 4. The molecule has 0 radical (unpaired) electrons. The third-order valence-corrected chi connectivity index (χ3v) is 4.14.